The van der Waals surface area contributed by atoms with Gasteiger partial charge in [0.25, 0.3) is 0 Å². The number of aliphatic hydroxyl groups is 1. The van der Waals surface area contributed by atoms with E-state index in [0.717, 1.165) is 42.6 Å². The van der Waals surface area contributed by atoms with Crippen LogP contribution in [0.1, 0.15) is 152 Å². The van der Waals surface area contributed by atoms with Crippen LogP contribution in [0.5, 0.6) is 5.75 Å². The summed E-state index contributed by atoms with van der Waals surface area (Å²) in [6.07, 6.45) is 17.2. The van der Waals surface area contributed by atoms with Gasteiger partial charge in [-0.1, -0.05) is 116 Å². The lowest BCUT2D eigenvalue weighted by molar-refractivity contribution is -0.142. The second kappa shape index (κ2) is 28.4. The smallest absolute Gasteiger partial charge is 0.326 e. The molecule has 4 rings (SSSR count). The van der Waals surface area contributed by atoms with Crippen molar-refractivity contribution in [1.82, 2.24) is 31.1 Å². The number of likely N-dealkylation sites (N-methyl/N-ethyl adjacent to an activating group) is 2. The van der Waals surface area contributed by atoms with E-state index < -0.39 is 79.9 Å². The molecule has 4 bridgehead atoms. The summed E-state index contributed by atoms with van der Waals surface area (Å²) in [6.45, 7) is 3.85. The lowest BCUT2D eigenvalue weighted by Crippen LogP contribution is -2.52. The van der Waals surface area contributed by atoms with E-state index in [4.69, 9.17) is 0 Å². The molecule has 1 saturated carbocycles. The second-order valence-corrected chi connectivity index (χ2v) is 17.0. The van der Waals surface area contributed by atoms with E-state index >= 15 is 0 Å². The van der Waals surface area contributed by atoms with E-state index in [-0.39, 0.29) is 30.4 Å². The van der Waals surface area contributed by atoms with E-state index in [1.54, 1.807) is 24.3 Å². The fourth-order valence-corrected chi connectivity index (χ4v) is 7.97. The fourth-order valence-electron chi connectivity index (χ4n) is 7.97. The molecule has 6 amide bonds. The zero-order valence-electron chi connectivity index (χ0n) is 39.2. The number of aliphatic hydroxyl groups excluding tert-OH is 1. The van der Waals surface area contributed by atoms with Crippen molar-refractivity contribution < 1.29 is 48.9 Å². The number of carbonyl (C=O) groups is 7. The Balaban J connectivity index is 0.00000553. The van der Waals surface area contributed by atoms with Gasteiger partial charge in [0.1, 0.15) is 23.9 Å². The Morgan fingerprint density at radius 2 is 1.40 bits per heavy atom. The number of benzene rings is 2. The monoisotopic (exact) mass is 907 g/mol. The highest BCUT2D eigenvalue weighted by molar-refractivity contribution is 5.95. The maximum absolute atomic E-state index is 13.8. The number of amides is 6. The van der Waals surface area contributed by atoms with E-state index in [2.05, 4.69) is 28.2 Å². The van der Waals surface area contributed by atoms with Crippen molar-refractivity contribution in [2.45, 2.75) is 154 Å². The zero-order valence-corrected chi connectivity index (χ0v) is 39.2. The normalized spacial score (nSPS) is 16.3. The SMILES string of the molecule is CC.CCCCCCCCCCCCCCCC(=O)N(C)C(CO)C(=O)NCC(=O)NCC(=O)N(C)C1C(=O)NCC(=O)N[C@H](C(=O)O)Cc2ccc(O)c(c2)-c2cc1ccc2C1CC1. The maximum Gasteiger partial charge on any atom is 0.326 e. The summed E-state index contributed by atoms with van der Waals surface area (Å²) in [5.41, 5.74) is 2.83. The van der Waals surface area contributed by atoms with Crippen molar-refractivity contribution >= 4 is 41.4 Å². The van der Waals surface area contributed by atoms with Crippen molar-refractivity contribution in [3.8, 4) is 16.9 Å². The number of rotatable bonds is 24. The molecule has 3 atom stereocenters. The Labute approximate surface area is 384 Å². The van der Waals surface area contributed by atoms with Crippen molar-refractivity contribution in [1.29, 1.82) is 0 Å². The van der Waals surface area contributed by atoms with Gasteiger partial charge in [0.2, 0.25) is 35.4 Å². The topological polar surface area (TPSA) is 235 Å². The number of carboxylic acids is 1. The Morgan fingerprint density at radius 1 is 0.785 bits per heavy atom. The third-order valence-electron chi connectivity index (χ3n) is 12.0. The average Bonchev–Trinajstić information content (AvgIpc) is 4.15. The van der Waals surface area contributed by atoms with E-state index in [1.165, 1.54) is 82.8 Å². The van der Waals surface area contributed by atoms with Crippen molar-refractivity contribution in [3.05, 3.63) is 53.1 Å². The minimum absolute atomic E-state index is 0.0744. The van der Waals surface area contributed by atoms with Gasteiger partial charge in [-0.2, -0.15) is 0 Å². The number of nitrogens with one attached hydrogen (secondary N) is 4. The number of nitrogens with zero attached hydrogens (tertiary/aromatic N) is 2. The van der Waals surface area contributed by atoms with Crippen LogP contribution in [0.2, 0.25) is 0 Å². The second-order valence-electron chi connectivity index (χ2n) is 17.0. The Morgan fingerprint density at radius 3 is 1.98 bits per heavy atom. The summed E-state index contributed by atoms with van der Waals surface area (Å²) in [4.78, 5) is 93.3. The molecule has 360 valence electrons. The van der Waals surface area contributed by atoms with Crippen molar-refractivity contribution in [2.75, 3.05) is 40.3 Å². The molecule has 2 aromatic rings. The number of carboxylic acid groups (broad SMARTS) is 1. The molecule has 65 heavy (non-hydrogen) atoms. The lowest BCUT2D eigenvalue weighted by Gasteiger charge is -2.29. The van der Waals surface area contributed by atoms with Gasteiger partial charge in [0.05, 0.1) is 26.2 Å². The number of phenolic OH excluding ortho intramolecular Hbond substituents is 1. The van der Waals surface area contributed by atoms with Gasteiger partial charge in [0.15, 0.2) is 0 Å². The van der Waals surface area contributed by atoms with Gasteiger partial charge in [-0.05, 0) is 65.6 Å². The van der Waals surface area contributed by atoms with Crippen LogP contribution in [0.3, 0.4) is 0 Å². The Kier molecular flexibility index (Phi) is 23.5. The maximum atomic E-state index is 13.8. The molecule has 1 aliphatic heterocycles. The molecule has 0 aromatic heterocycles. The van der Waals surface area contributed by atoms with E-state index in [9.17, 15) is 48.9 Å². The van der Waals surface area contributed by atoms with Crippen LogP contribution in [0.25, 0.3) is 11.1 Å². The summed E-state index contributed by atoms with van der Waals surface area (Å²) < 4.78 is 0. The third kappa shape index (κ3) is 17.4. The van der Waals surface area contributed by atoms with Crippen molar-refractivity contribution in [2.24, 2.45) is 0 Å². The number of phenols is 1. The first-order valence-electron chi connectivity index (χ1n) is 23.7. The molecule has 0 saturated heterocycles. The quantitative estimate of drug-likeness (QED) is 0.0677. The summed E-state index contributed by atoms with van der Waals surface area (Å²) in [5.74, 6) is -5.16. The third-order valence-corrected chi connectivity index (χ3v) is 12.0. The number of aromatic hydroxyl groups is 1. The first kappa shape index (κ1) is 53.8. The van der Waals surface area contributed by atoms with Crippen LogP contribution in [-0.4, -0.2) is 119 Å². The van der Waals surface area contributed by atoms with Gasteiger partial charge in [-0.3, -0.25) is 28.8 Å². The average molecular weight is 907 g/mol. The van der Waals surface area contributed by atoms with E-state index in [1.807, 2.05) is 19.9 Å². The highest BCUT2D eigenvalue weighted by Crippen LogP contribution is 2.47. The fraction of sp³-hybridized carbons (Fsp3) is 0.612. The number of unbranched alkanes of at least 4 members (excludes halogenated alkanes) is 12. The first-order valence-corrected chi connectivity index (χ1v) is 23.7. The van der Waals surface area contributed by atoms with Gasteiger partial charge >= 0.3 is 5.97 Å². The molecule has 2 aliphatic rings. The molecule has 1 fully saturated rings. The van der Waals surface area contributed by atoms with Gasteiger partial charge in [-0.15, -0.1) is 0 Å². The van der Waals surface area contributed by atoms with Gasteiger partial charge in [0, 0.05) is 32.5 Å². The standard InChI is InChI=1S/C47H68N6O10.C2H6/c1-4-5-6-7-8-9-10-11-12-13-14-15-16-17-42(58)52(2)38(30-54)45(60)49-27-40(56)48-29-43(59)53(3)44-33-21-22-34(32-19-20-32)35(26-33)36-24-31(18-23-39(36)55)25-37(47(62)63)51-41(57)28-50-46(44)61;1-2/h18,21-24,26,32,37-38,44,54-55H,4-17,19-20,25,27-30H2,1-3H3,(H,48,56)(H,49,60)(H,50,61)(H,51,57)(H,62,63);1-2H3/t37-,38?,44?;/m0./s1. The molecule has 16 heteroatoms. The van der Waals surface area contributed by atoms with Gasteiger partial charge in [-0.25, -0.2) is 4.79 Å². The Hall–Kier alpha value is -5.51. The molecule has 0 radical (unpaired) electrons. The van der Waals surface area contributed by atoms with E-state index in [0.29, 0.717) is 28.7 Å². The minimum atomic E-state index is -1.32. The largest absolute Gasteiger partial charge is 0.507 e. The molecule has 16 nitrogen and oxygen atoms in total. The predicted molar refractivity (Wildman–Crippen MR) is 249 cm³/mol. The zero-order chi connectivity index (χ0) is 47.9. The molecule has 2 unspecified atom stereocenters. The molecule has 7 N–H and O–H groups in total. The number of hydrogen-bond acceptors (Lipinski definition) is 9. The molecular weight excluding hydrogens is 833 g/mol. The summed E-state index contributed by atoms with van der Waals surface area (Å²) in [7, 11) is 2.79. The van der Waals surface area contributed by atoms with Crippen LogP contribution in [0.4, 0.5) is 0 Å². The van der Waals surface area contributed by atoms with Crippen LogP contribution in [-0.2, 0) is 40.0 Å². The highest BCUT2D eigenvalue weighted by Gasteiger charge is 2.34. The number of hydrogen-bond donors (Lipinski definition) is 7. The van der Waals surface area contributed by atoms with Crippen molar-refractivity contribution in [3.63, 3.8) is 0 Å². The van der Waals surface area contributed by atoms with Crippen LogP contribution in [0, 0.1) is 0 Å². The number of aliphatic carboxylic acids is 1. The molecule has 1 aliphatic carbocycles. The number of fused-ring (bicyclic) bond motifs is 5. The number of carbonyl (C=O) groups excluding carboxylic acids is 6. The molecule has 2 aromatic carbocycles. The van der Waals surface area contributed by atoms with Crippen LogP contribution < -0.4 is 21.3 Å². The van der Waals surface area contributed by atoms with Gasteiger partial charge < -0.3 is 46.4 Å². The summed E-state index contributed by atoms with van der Waals surface area (Å²) >= 11 is 0. The Bertz CT molecular complexity index is 1900. The van der Waals surface area contributed by atoms with Crippen LogP contribution >= 0.6 is 0 Å². The minimum Gasteiger partial charge on any atom is -0.507 e. The molecule has 0 spiro atoms. The summed E-state index contributed by atoms with van der Waals surface area (Å²) in [6, 6.07) is 6.06. The highest BCUT2D eigenvalue weighted by atomic mass is 16.4. The molecule has 1 heterocycles. The summed E-state index contributed by atoms with van der Waals surface area (Å²) in [5, 5.41) is 40.6. The lowest BCUT2D eigenvalue weighted by atomic mass is 9.90. The first-order chi connectivity index (χ1) is 31.2. The predicted octanol–water partition coefficient (Wildman–Crippen LogP) is 5.24. The van der Waals surface area contributed by atoms with Crippen LogP contribution in [0.15, 0.2) is 36.4 Å². The molecular formula is C49H74N6O10.